The van der Waals surface area contributed by atoms with E-state index in [1.807, 2.05) is 6.92 Å². The average Bonchev–Trinajstić information content (AvgIpc) is 2.90. The zero-order chi connectivity index (χ0) is 15.6. The molecular weight excluding hydrogens is 304 g/mol. The number of benzene rings is 1. The Morgan fingerprint density at radius 1 is 1.38 bits per heavy atom. The maximum Gasteiger partial charge on any atom is 0.243 e. The van der Waals surface area contributed by atoms with Crippen LogP contribution in [0.2, 0.25) is 0 Å². The van der Waals surface area contributed by atoms with Crippen LogP contribution >= 0.6 is 0 Å². The molecule has 0 spiro atoms. The minimum Gasteiger partial charge on any atom is -0.394 e. The van der Waals surface area contributed by atoms with Crippen LogP contribution in [-0.2, 0) is 23.1 Å². The molecular formula is C11H13F2N5O2S. The molecule has 2 aromatic rings. The molecule has 0 atom stereocenters. The Labute approximate surface area is 119 Å². The van der Waals surface area contributed by atoms with Crippen molar-refractivity contribution in [2.24, 2.45) is 0 Å². The molecule has 1 aromatic carbocycles. The lowest BCUT2D eigenvalue weighted by Crippen LogP contribution is -2.26. The zero-order valence-corrected chi connectivity index (χ0v) is 11.9. The van der Waals surface area contributed by atoms with E-state index >= 15 is 0 Å². The molecule has 0 amide bonds. The number of sulfonamides is 1. The van der Waals surface area contributed by atoms with Gasteiger partial charge in [0.2, 0.25) is 10.0 Å². The first-order valence-electron chi connectivity index (χ1n) is 5.96. The average molecular weight is 317 g/mol. The number of hydrogen-bond donors (Lipinski definition) is 2. The highest BCUT2D eigenvalue weighted by Crippen LogP contribution is 2.22. The number of nitrogens with two attached hydrogens (primary N) is 1. The van der Waals surface area contributed by atoms with Gasteiger partial charge in [0.15, 0.2) is 5.82 Å². The second kappa shape index (κ2) is 5.74. The van der Waals surface area contributed by atoms with Crippen LogP contribution in [0.4, 0.5) is 14.5 Å². The topological polar surface area (TPSA) is 103 Å². The van der Waals surface area contributed by atoms with Crippen molar-refractivity contribution in [2.45, 2.75) is 24.9 Å². The third-order valence-corrected chi connectivity index (χ3v) is 4.26. The first kappa shape index (κ1) is 15.3. The number of nitrogens with zero attached hydrogens (tertiary/aromatic N) is 3. The number of aromatic nitrogens is 3. The second-order valence-corrected chi connectivity index (χ2v) is 5.87. The lowest BCUT2D eigenvalue weighted by atomic mass is 10.3. The van der Waals surface area contributed by atoms with Crippen molar-refractivity contribution in [2.75, 3.05) is 5.73 Å². The third kappa shape index (κ3) is 3.00. The second-order valence-electron chi connectivity index (χ2n) is 4.13. The van der Waals surface area contributed by atoms with Crippen LogP contribution in [0.1, 0.15) is 12.7 Å². The van der Waals surface area contributed by atoms with Crippen molar-refractivity contribution in [1.29, 1.82) is 0 Å². The number of halogens is 2. The smallest absolute Gasteiger partial charge is 0.243 e. The Balaban J connectivity index is 2.25. The van der Waals surface area contributed by atoms with Crippen molar-refractivity contribution in [3.63, 3.8) is 0 Å². The number of rotatable bonds is 5. The quantitative estimate of drug-likeness (QED) is 0.788. The summed E-state index contributed by atoms with van der Waals surface area (Å²) in [5.74, 6) is -1.96. The van der Waals surface area contributed by atoms with Gasteiger partial charge in [0.05, 0.1) is 6.54 Å². The molecule has 0 aliphatic heterocycles. The van der Waals surface area contributed by atoms with Gasteiger partial charge in [-0.05, 0) is 19.1 Å². The summed E-state index contributed by atoms with van der Waals surface area (Å²) in [5, 5.41) is 7.39. The number of anilines is 1. The highest BCUT2D eigenvalue weighted by atomic mass is 32.2. The Kier molecular flexibility index (Phi) is 4.19. The highest BCUT2D eigenvalue weighted by Gasteiger charge is 2.23. The summed E-state index contributed by atoms with van der Waals surface area (Å²) >= 11 is 0. The summed E-state index contributed by atoms with van der Waals surface area (Å²) in [4.78, 5) is -0.719. The molecule has 21 heavy (non-hydrogen) atoms. The van der Waals surface area contributed by atoms with E-state index in [0.29, 0.717) is 12.4 Å². The molecule has 0 saturated heterocycles. The Hall–Kier alpha value is -2.07. The molecule has 1 heterocycles. The van der Waals surface area contributed by atoms with E-state index in [-0.39, 0.29) is 6.54 Å². The van der Waals surface area contributed by atoms with E-state index in [2.05, 4.69) is 14.9 Å². The lowest BCUT2D eigenvalue weighted by Gasteiger charge is -2.09. The van der Waals surface area contributed by atoms with Crippen LogP contribution in [0.5, 0.6) is 0 Å². The van der Waals surface area contributed by atoms with Crippen molar-refractivity contribution in [3.8, 4) is 0 Å². The molecule has 3 N–H and O–H groups in total. The maximum atomic E-state index is 13.8. The summed E-state index contributed by atoms with van der Waals surface area (Å²) in [7, 11) is -4.18. The van der Waals surface area contributed by atoms with Gasteiger partial charge in [-0.3, -0.25) is 0 Å². The zero-order valence-electron chi connectivity index (χ0n) is 11.0. The fraction of sp³-hybridized carbons (Fsp3) is 0.273. The van der Waals surface area contributed by atoms with Crippen molar-refractivity contribution < 1.29 is 17.2 Å². The molecule has 0 aliphatic rings. The summed E-state index contributed by atoms with van der Waals surface area (Å²) in [6.45, 7) is 2.22. The summed E-state index contributed by atoms with van der Waals surface area (Å²) in [6, 6.07) is 1.61. The number of nitrogens with one attached hydrogen (secondary N) is 1. The van der Waals surface area contributed by atoms with Gasteiger partial charge in [-0.25, -0.2) is 21.9 Å². The number of hydrogen-bond acceptors (Lipinski definition) is 5. The molecule has 1 aromatic heterocycles. The molecule has 0 aliphatic carbocycles. The Bertz CT molecular complexity index is 760. The summed E-state index contributed by atoms with van der Waals surface area (Å²) in [5.41, 5.74) is 4.31. The molecule has 114 valence electrons. The molecule has 10 heteroatoms. The Morgan fingerprint density at radius 2 is 2.10 bits per heavy atom. The summed E-state index contributed by atoms with van der Waals surface area (Å²) < 4.78 is 54.6. The lowest BCUT2D eigenvalue weighted by molar-refractivity contribution is 0.545. The standard InChI is InChI=1S/C11H13F2N5O2S/c1-2-18-6-15-17-9(18)5-16-21(19,20)8-4-3-7(12)11(14)10(8)13/h3-4,6,16H,2,5,14H2,1H3. The van der Waals surface area contributed by atoms with Crippen molar-refractivity contribution in [3.05, 3.63) is 35.9 Å². The monoisotopic (exact) mass is 317 g/mol. The van der Waals surface area contributed by atoms with E-state index in [1.165, 1.54) is 6.33 Å². The number of aryl methyl sites for hydroxylation is 1. The van der Waals surface area contributed by atoms with Gasteiger partial charge in [-0.2, -0.15) is 0 Å². The van der Waals surface area contributed by atoms with Crippen LogP contribution in [0.15, 0.2) is 23.4 Å². The fourth-order valence-corrected chi connectivity index (χ4v) is 2.74. The van der Waals surface area contributed by atoms with Crippen LogP contribution in [0.25, 0.3) is 0 Å². The minimum absolute atomic E-state index is 0.174. The van der Waals surface area contributed by atoms with E-state index < -0.39 is 32.2 Å². The molecule has 0 saturated carbocycles. The summed E-state index contributed by atoms with van der Waals surface area (Å²) in [6.07, 6.45) is 1.44. The van der Waals surface area contributed by atoms with Gasteiger partial charge in [-0.15, -0.1) is 10.2 Å². The van der Waals surface area contributed by atoms with Crippen LogP contribution < -0.4 is 10.5 Å². The van der Waals surface area contributed by atoms with Gasteiger partial charge in [-0.1, -0.05) is 0 Å². The largest absolute Gasteiger partial charge is 0.394 e. The SMILES string of the molecule is CCn1cnnc1CNS(=O)(=O)c1ccc(F)c(N)c1F. The molecule has 0 fully saturated rings. The maximum absolute atomic E-state index is 13.8. The molecule has 0 bridgehead atoms. The van der Waals surface area contributed by atoms with Gasteiger partial charge in [0, 0.05) is 6.54 Å². The predicted molar refractivity (Wildman–Crippen MR) is 70.5 cm³/mol. The normalized spacial score (nSPS) is 11.8. The van der Waals surface area contributed by atoms with Crippen LogP contribution in [0, 0.1) is 11.6 Å². The van der Waals surface area contributed by atoms with Gasteiger partial charge in [0.1, 0.15) is 28.6 Å². The number of nitrogen functional groups attached to an aromatic ring is 1. The van der Waals surface area contributed by atoms with E-state index in [4.69, 9.17) is 5.73 Å². The molecule has 2 rings (SSSR count). The highest BCUT2D eigenvalue weighted by molar-refractivity contribution is 7.89. The van der Waals surface area contributed by atoms with Gasteiger partial charge in [0.25, 0.3) is 0 Å². The van der Waals surface area contributed by atoms with Gasteiger partial charge >= 0.3 is 0 Å². The van der Waals surface area contributed by atoms with Gasteiger partial charge < -0.3 is 10.3 Å². The van der Waals surface area contributed by atoms with Crippen molar-refractivity contribution in [1.82, 2.24) is 19.5 Å². The molecule has 0 radical (unpaired) electrons. The van der Waals surface area contributed by atoms with E-state index in [1.54, 1.807) is 4.57 Å². The molecule has 7 nitrogen and oxygen atoms in total. The van der Waals surface area contributed by atoms with Crippen LogP contribution in [-0.4, -0.2) is 23.2 Å². The first-order valence-corrected chi connectivity index (χ1v) is 7.45. The predicted octanol–water partition coefficient (Wildman–Crippen LogP) is 0.637. The van der Waals surface area contributed by atoms with E-state index in [0.717, 1.165) is 12.1 Å². The first-order chi connectivity index (χ1) is 9.86. The Morgan fingerprint density at radius 3 is 2.76 bits per heavy atom. The third-order valence-electron chi connectivity index (χ3n) is 2.84. The van der Waals surface area contributed by atoms with Crippen LogP contribution in [0.3, 0.4) is 0 Å². The minimum atomic E-state index is -4.18. The fourth-order valence-electron chi connectivity index (χ4n) is 1.67. The molecule has 0 unspecified atom stereocenters. The van der Waals surface area contributed by atoms with Crippen molar-refractivity contribution >= 4 is 15.7 Å². The van der Waals surface area contributed by atoms with E-state index in [9.17, 15) is 17.2 Å².